The van der Waals surface area contributed by atoms with E-state index in [0.29, 0.717) is 0 Å². The highest BCUT2D eigenvalue weighted by molar-refractivity contribution is 7.88. The fourth-order valence-electron chi connectivity index (χ4n) is 1.68. The molecule has 10 heteroatoms. The number of hydrogen-bond donors (Lipinski definition) is 2. The van der Waals surface area contributed by atoms with E-state index in [1.54, 1.807) is 13.8 Å². The Morgan fingerprint density at radius 3 is 2.29 bits per heavy atom. The van der Waals surface area contributed by atoms with E-state index in [1.807, 2.05) is 0 Å². The molecule has 0 fully saturated rings. The second-order valence-electron chi connectivity index (χ2n) is 5.15. The van der Waals surface area contributed by atoms with E-state index in [1.165, 1.54) is 6.07 Å². The molecule has 0 amide bonds. The van der Waals surface area contributed by atoms with Gasteiger partial charge in [-0.1, -0.05) is 23.2 Å². The zero-order valence-corrected chi connectivity index (χ0v) is 13.9. The van der Waals surface area contributed by atoms with Crippen molar-refractivity contribution in [3.05, 3.63) is 32.3 Å². The fourth-order valence-corrected chi connectivity index (χ4v) is 3.08. The molecule has 7 nitrogen and oxygen atoms in total. The van der Waals surface area contributed by atoms with Gasteiger partial charge in [0.25, 0.3) is 5.69 Å². The molecule has 21 heavy (non-hydrogen) atoms. The summed E-state index contributed by atoms with van der Waals surface area (Å²) in [6.45, 7) is 3.41. The summed E-state index contributed by atoms with van der Waals surface area (Å²) in [7, 11) is -3.40. The molecule has 0 heterocycles. The van der Waals surface area contributed by atoms with E-state index in [-0.39, 0.29) is 28.0 Å². The first kappa shape index (κ1) is 18.0. The van der Waals surface area contributed by atoms with Crippen molar-refractivity contribution in [3.63, 3.8) is 0 Å². The molecule has 0 aromatic heterocycles. The third-order valence-corrected chi connectivity index (χ3v) is 4.06. The maximum atomic E-state index is 11.2. The largest absolute Gasteiger partial charge is 0.378 e. The van der Waals surface area contributed by atoms with Gasteiger partial charge in [0.2, 0.25) is 10.0 Å². The lowest BCUT2D eigenvalue weighted by Crippen LogP contribution is -2.47. The molecule has 1 aromatic rings. The van der Waals surface area contributed by atoms with E-state index in [2.05, 4.69) is 10.0 Å². The Hall–Kier alpha value is -1.09. The summed E-state index contributed by atoms with van der Waals surface area (Å²) in [6, 6.07) is 2.47. The number of rotatable bonds is 6. The minimum absolute atomic E-state index is 0.0717. The molecule has 1 rings (SSSR count). The van der Waals surface area contributed by atoms with Crippen LogP contribution in [0.25, 0.3) is 0 Å². The number of nitrogens with zero attached hydrogens (tertiary/aromatic N) is 1. The minimum Gasteiger partial charge on any atom is -0.378 e. The van der Waals surface area contributed by atoms with Crippen LogP contribution < -0.4 is 10.0 Å². The van der Waals surface area contributed by atoms with Gasteiger partial charge < -0.3 is 5.32 Å². The number of nitrogens with one attached hydrogen (secondary N) is 2. The van der Waals surface area contributed by atoms with E-state index in [0.717, 1.165) is 12.3 Å². The van der Waals surface area contributed by atoms with Crippen LogP contribution in [0.4, 0.5) is 11.4 Å². The van der Waals surface area contributed by atoms with Crippen LogP contribution in [0.1, 0.15) is 13.8 Å². The van der Waals surface area contributed by atoms with E-state index in [9.17, 15) is 18.5 Å². The molecular weight excluding hydrogens is 341 g/mol. The van der Waals surface area contributed by atoms with Gasteiger partial charge in [0.1, 0.15) is 5.69 Å². The SMILES string of the molecule is CC(C)(CNc1cc(Cl)c(Cl)cc1[N+](=O)[O-])NS(C)(=O)=O. The average molecular weight is 356 g/mol. The Kier molecular flexibility index (Phi) is 5.43. The van der Waals surface area contributed by atoms with E-state index in [4.69, 9.17) is 23.2 Å². The van der Waals surface area contributed by atoms with Gasteiger partial charge in [0, 0.05) is 18.2 Å². The quantitative estimate of drug-likeness (QED) is 0.603. The molecular formula is C11H15Cl2N3O4S. The van der Waals surface area contributed by atoms with Gasteiger partial charge in [-0.3, -0.25) is 10.1 Å². The highest BCUT2D eigenvalue weighted by Gasteiger charge is 2.24. The number of benzene rings is 1. The van der Waals surface area contributed by atoms with Crippen molar-refractivity contribution in [2.45, 2.75) is 19.4 Å². The molecule has 0 aliphatic rings. The molecule has 0 saturated carbocycles. The van der Waals surface area contributed by atoms with Gasteiger partial charge in [-0.05, 0) is 19.9 Å². The average Bonchev–Trinajstić information content (AvgIpc) is 2.26. The fraction of sp³-hybridized carbons (Fsp3) is 0.455. The van der Waals surface area contributed by atoms with Crippen LogP contribution >= 0.6 is 23.2 Å². The number of sulfonamides is 1. The predicted octanol–water partition coefficient (Wildman–Crippen LogP) is 2.64. The topological polar surface area (TPSA) is 101 Å². The summed E-state index contributed by atoms with van der Waals surface area (Å²) < 4.78 is 24.9. The maximum absolute atomic E-state index is 11.2. The minimum atomic E-state index is -3.40. The van der Waals surface area contributed by atoms with Crippen LogP contribution in [0.5, 0.6) is 0 Å². The molecule has 0 bridgehead atoms. The van der Waals surface area contributed by atoms with Crippen LogP contribution in [0.15, 0.2) is 12.1 Å². The predicted molar refractivity (Wildman–Crippen MR) is 83.7 cm³/mol. The van der Waals surface area contributed by atoms with Crippen LogP contribution in [-0.4, -0.2) is 31.7 Å². The maximum Gasteiger partial charge on any atom is 0.293 e. The van der Waals surface area contributed by atoms with Crippen molar-refractivity contribution in [2.75, 3.05) is 18.1 Å². The second kappa shape index (κ2) is 6.35. The molecule has 0 atom stereocenters. The van der Waals surface area contributed by atoms with Gasteiger partial charge in [-0.25, -0.2) is 13.1 Å². The van der Waals surface area contributed by atoms with Gasteiger partial charge in [0.05, 0.1) is 21.2 Å². The highest BCUT2D eigenvalue weighted by atomic mass is 35.5. The summed E-state index contributed by atoms with van der Waals surface area (Å²) in [5, 5.41) is 14.0. The van der Waals surface area contributed by atoms with E-state index < -0.39 is 20.5 Å². The lowest BCUT2D eigenvalue weighted by atomic mass is 10.1. The molecule has 0 unspecified atom stereocenters. The second-order valence-corrected chi connectivity index (χ2v) is 7.72. The van der Waals surface area contributed by atoms with Crippen molar-refractivity contribution in [1.82, 2.24) is 4.72 Å². The molecule has 0 spiro atoms. The van der Waals surface area contributed by atoms with Crippen LogP contribution in [-0.2, 0) is 10.0 Å². The van der Waals surface area contributed by atoms with Crippen molar-refractivity contribution in [3.8, 4) is 0 Å². The van der Waals surface area contributed by atoms with Crippen molar-refractivity contribution < 1.29 is 13.3 Å². The van der Waals surface area contributed by atoms with Crippen molar-refractivity contribution >= 4 is 44.6 Å². The lowest BCUT2D eigenvalue weighted by molar-refractivity contribution is -0.383. The number of nitro groups is 1. The van der Waals surface area contributed by atoms with Crippen LogP contribution in [0.3, 0.4) is 0 Å². The zero-order valence-electron chi connectivity index (χ0n) is 11.6. The van der Waals surface area contributed by atoms with Gasteiger partial charge in [-0.15, -0.1) is 0 Å². The normalized spacial score (nSPS) is 12.2. The standard InChI is InChI=1S/C11H15Cl2N3O4S/c1-11(2,15-21(3,19)20)6-14-9-4-7(12)8(13)5-10(9)16(17)18/h4-5,14-15H,6H2,1-3H3. The summed E-state index contributed by atoms with van der Waals surface area (Å²) in [4.78, 5) is 10.4. The third kappa shape index (κ3) is 5.66. The van der Waals surface area contributed by atoms with Gasteiger partial charge in [0.15, 0.2) is 0 Å². The van der Waals surface area contributed by atoms with Crippen LogP contribution in [0, 0.1) is 10.1 Å². The summed E-state index contributed by atoms with van der Waals surface area (Å²) >= 11 is 11.6. The Bertz CT molecular complexity index is 662. The van der Waals surface area contributed by atoms with E-state index >= 15 is 0 Å². The Morgan fingerprint density at radius 1 is 1.29 bits per heavy atom. The van der Waals surface area contributed by atoms with Crippen molar-refractivity contribution in [1.29, 1.82) is 0 Å². The third-order valence-electron chi connectivity index (χ3n) is 2.42. The van der Waals surface area contributed by atoms with Crippen molar-refractivity contribution in [2.24, 2.45) is 0 Å². The summed E-state index contributed by atoms with van der Waals surface area (Å²) in [6.07, 6.45) is 1.04. The van der Waals surface area contributed by atoms with Gasteiger partial charge in [-0.2, -0.15) is 0 Å². The summed E-state index contributed by atoms with van der Waals surface area (Å²) in [5.74, 6) is 0. The zero-order chi connectivity index (χ0) is 16.4. The Balaban J connectivity index is 2.98. The first-order chi connectivity index (χ1) is 9.41. The first-order valence-electron chi connectivity index (χ1n) is 5.77. The number of hydrogen-bond acceptors (Lipinski definition) is 5. The number of nitro benzene ring substituents is 1. The Morgan fingerprint density at radius 2 is 1.81 bits per heavy atom. The molecule has 0 aliphatic carbocycles. The molecule has 2 N–H and O–H groups in total. The molecule has 118 valence electrons. The monoisotopic (exact) mass is 355 g/mol. The lowest BCUT2D eigenvalue weighted by Gasteiger charge is -2.25. The number of anilines is 1. The molecule has 0 radical (unpaired) electrons. The highest BCUT2D eigenvalue weighted by Crippen LogP contribution is 2.34. The molecule has 1 aromatic carbocycles. The molecule has 0 saturated heterocycles. The summed E-state index contributed by atoms with van der Waals surface area (Å²) in [5.41, 5.74) is -0.912. The molecule has 0 aliphatic heterocycles. The smallest absolute Gasteiger partial charge is 0.293 e. The first-order valence-corrected chi connectivity index (χ1v) is 8.42. The Labute approximate surface area is 132 Å². The van der Waals surface area contributed by atoms with Gasteiger partial charge >= 0.3 is 0 Å². The number of halogens is 2. The van der Waals surface area contributed by atoms with Crippen LogP contribution in [0.2, 0.25) is 10.0 Å².